The van der Waals surface area contributed by atoms with E-state index in [-0.39, 0.29) is 11.9 Å². The summed E-state index contributed by atoms with van der Waals surface area (Å²) in [6.45, 7) is 0. The molecule has 2 aromatic carbocycles. The highest BCUT2D eigenvalue weighted by atomic mass is 35.5. The van der Waals surface area contributed by atoms with Crippen LogP contribution in [0.25, 0.3) is 0 Å². The first-order valence-electron chi connectivity index (χ1n) is 6.38. The van der Waals surface area contributed by atoms with Gasteiger partial charge in [0.05, 0.1) is 6.04 Å². The Labute approximate surface area is 117 Å². The van der Waals surface area contributed by atoms with Crippen molar-refractivity contribution in [2.45, 2.75) is 18.9 Å². The number of benzene rings is 2. The second kappa shape index (κ2) is 5.06. The zero-order chi connectivity index (χ0) is 13.2. The van der Waals surface area contributed by atoms with Crippen LogP contribution in [0, 0.1) is 0 Å². The first-order chi connectivity index (χ1) is 9.24. The molecule has 0 saturated carbocycles. The average Bonchev–Trinajstić information content (AvgIpc) is 2.83. The van der Waals surface area contributed by atoms with Gasteiger partial charge in [-0.25, -0.2) is 0 Å². The number of amides is 1. The maximum Gasteiger partial charge on any atom is 0.251 e. The van der Waals surface area contributed by atoms with Crippen molar-refractivity contribution in [3.05, 3.63) is 70.2 Å². The number of halogens is 1. The Morgan fingerprint density at radius 3 is 2.63 bits per heavy atom. The summed E-state index contributed by atoms with van der Waals surface area (Å²) in [6, 6.07) is 15.4. The number of carbonyl (C=O) groups is 1. The fraction of sp³-hybridized carbons (Fsp3) is 0.188. The lowest BCUT2D eigenvalue weighted by Crippen LogP contribution is -2.27. The molecule has 1 unspecified atom stereocenters. The molecular formula is C16H14ClNO. The number of aryl methyl sites for hydroxylation is 1. The molecule has 1 amide bonds. The van der Waals surface area contributed by atoms with Crippen molar-refractivity contribution in [3.63, 3.8) is 0 Å². The molecule has 0 bridgehead atoms. The fourth-order valence-corrected chi connectivity index (χ4v) is 2.68. The molecule has 19 heavy (non-hydrogen) atoms. The molecule has 1 N–H and O–H groups in total. The molecule has 0 heterocycles. The molecule has 2 nitrogen and oxygen atoms in total. The van der Waals surface area contributed by atoms with Gasteiger partial charge in [-0.2, -0.15) is 0 Å². The van der Waals surface area contributed by atoms with Crippen molar-refractivity contribution in [1.82, 2.24) is 5.32 Å². The molecule has 0 radical (unpaired) electrons. The summed E-state index contributed by atoms with van der Waals surface area (Å²) >= 11 is 5.82. The summed E-state index contributed by atoms with van der Waals surface area (Å²) in [5.41, 5.74) is 3.22. The van der Waals surface area contributed by atoms with E-state index in [1.54, 1.807) is 24.3 Å². The van der Waals surface area contributed by atoms with Crippen molar-refractivity contribution >= 4 is 17.5 Å². The SMILES string of the molecule is O=C(NC1CCc2ccccc21)c1ccc(Cl)cc1. The van der Waals surface area contributed by atoms with Crippen LogP contribution in [0.2, 0.25) is 5.02 Å². The molecule has 2 aromatic rings. The van der Waals surface area contributed by atoms with E-state index in [1.807, 2.05) is 12.1 Å². The van der Waals surface area contributed by atoms with Gasteiger partial charge in [0, 0.05) is 10.6 Å². The van der Waals surface area contributed by atoms with Gasteiger partial charge < -0.3 is 5.32 Å². The Bertz CT molecular complexity index is 606. The van der Waals surface area contributed by atoms with E-state index in [4.69, 9.17) is 11.6 Å². The second-order valence-corrected chi connectivity index (χ2v) is 5.21. The van der Waals surface area contributed by atoms with Gasteiger partial charge in [0.1, 0.15) is 0 Å². The number of rotatable bonds is 2. The molecule has 0 aliphatic heterocycles. The van der Waals surface area contributed by atoms with Crippen molar-refractivity contribution in [2.75, 3.05) is 0 Å². The number of fused-ring (bicyclic) bond motifs is 1. The lowest BCUT2D eigenvalue weighted by atomic mass is 10.1. The van der Waals surface area contributed by atoms with Crippen LogP contribution in [0.15, 0.2) is 48.5 Å². The van der Waals surface area contributed by atoms with E-state index in [1.165, 1.54) is 11.1 Å². The number of hydrogen-bond acceptors (Lipinski definition) is 1. The van der Waals surface area contributed by atoms with Gasteiger partial charge >= 0.3 is 0 Å². The summed E-state index contributed by atoms with van der Waals surface area (Å²) in [6.07, 6.45) is 2.00. The average molecular weight is 272 g/mol. The first-order valence-corrected chi connectivity index (χ1v) is 6.76. The predicted molar refractivity (Wildman–Crippen MR) is 76.4 cm³/mol. The minimum atomic E-state index is -0.0432. The third-order valence-corrected chi connectivity index (χ3v) is 3.80. The quantitative estimate of drug-likeness (QED) is 0.885. The monoisotopic (exact) mass is 271 g/mol. The summed E-state index contributed by atoms with van der Waals surface area (Å²) < 4.78 is 0. The Morgan fingerprint density at radius 2 is 1.84 bits per heavy atom. The van der Waals surface area contributed by atoms with Crippen molar-refractivity contribution in [1.29, 1.82) is 0 Å². The van der Waals surface area contributed by atoms with Crippen LogP contribution in [0.4, 0.5) is 0 Å². The van der Waals surface area contributed by atoms with Gasteiger partial charge in [-0.3, -0.25) is 4.79 Å². The smallest absolute Gasteiger partial charge is 0.251 e. The Morgan fingerprint density at radius 1 is 1.11 bits per heavy atom. The van der Waals surface area contributed by atoms with Gasteiger partial charge in [0.25, 0.3) is 5.91 Å². The van der Waals surface area contributed by atoms with Gasteiger partial charge in [0.2, 0.25) is 0 Å². The van der Waals surface area contributed by atoms with E-state index in [9.17, 15) is 4.79 Å². The van der Waals surface area contributed by atoms with E-state index in [0.29, 0.717) is 10.6 Å². The maximum atomic E-state index is 12.2. The van der Waals surface area contributed by atoms with Crippen LogP contribution in [-0.2, 0) is 6.42 Å². The third kappa shape index (κ3) is 2.49. The summed E-state index contributed by atoms with van der Waals surface area (Å²) in [5.74, 6) is -0.0432. The minimum Gasteiger partial charge on any atom is -0.345 e. The molecule has 0 saturated heterocycles. The lowest BCUT2D eigenvalue weighted by Gasteiger charge is -2.14. The van der Waals surface area contributed by atoms with E-state index < -0.39 is 0 Å². The van der Waals surface area contributed by atoms with Crippen LogP contribution >= 0.6 is 11.6 Å². The zero-order valence-corrected chi connectivity index (χ0v) is 11.2. The van der Waals surface area contributed by atoms with Crippen LogP contribution in [0.5, 0.6) is 0 Å². The van der Waals surface area contributed by atoms with Gasteiger partial charge in [0.15, 0.2) is 0 Å². The van der Waals surface area contributed by atoms with Crippen molar-refractivity contribution in [3.8, 4) is 0 Å². The van der Waals surface area contributed by atoms with Crippen LogP contribution in [0.1, 0.15) is 33.9 Å². The zero-order valence-electron chi connectivity index (χ0n) is 10.4. The Balaban J connectivity index is 1.76. The van der Waals surface area contributed by atoms with Gasteiger partial charge in [-0.1, -0.05) is 35.9 Å². The molecule has 0 fully saturated rings. The van der Waals surface area contributed by atoms with Crippen LogP contribution in [0.3, 0.4) is 0 Å². The largest absolute Gasteiger partial charge is 0.345 e. The topological polar surface area (TPSA) is 29.1 Å². The molecule has 1 atom stereocenters. The highest BCUT2D eigenvalue weighted by molar-refractivity contribution is 6.30. The highest BCUT2D eigenvalue weighted by Gasteiger charge is 2.23. The molecule has 0 aromatic heterocycles. The summed E-state index contributed by atoms with van der Waals surface area (Å²) in [5, 5.41) is 3.73. The Hall–Kier alpha value is -1.80. The van der Waals surface area contributed by atoms with E-state index in [2.05, 4.69) is 17.4 Å². The molecule has 96 valence electrons. The summed E-state index contributed by atoms with van der Waals surface area (Å²) in [7, 11) is 0. The molecule has 1 aliphatic carbocycles. The second-order valence-electron chi connectivity index (χ2n) is 4.77. The minimum absolute atomic E-state index is 0.0432. The fourth-order valence-electron chi connectivity index (χ4n) is 2.55. The van der Waals surface area contributed by atoms with Crippen molar-refractivity contribution < 1.29 is 4.79 Å². The van der Waals surface area contributed by atoms with Crippen LogP contribution in [-0.4, -0.2) is 5.91 Å². The third-order valence-electron chi connectivity index (χ3n) is 3.54. The predicted octanol–water partition coefficient (Wildman–Crippen LogP) is 3.76. The van der Waals surface area contributed by atoms with E-state index >= 15 is 0 Å². The van der Waals surface area contributed by atoms with Gasteiger partial charge in [-0.05, 0) is 48.2 Å². The number of hydrogen-bond donors (Lipinski definition) is 1. The summed E-state index contributed by atoms with van der Waals surface area (Å²) in [4.78, 5) is 12.2. The molecule has 3 heteroatoms. The normalized spacial score (nSPS) is 17.0. The number of carbonyl (C=O) groups excluding carboxylic acids is 1. The standard InChI is InChI=1S/C16H14ClNO/c17-13-8-5-12(6-9-13)16(19)18-15-10-7-11-3-1-2-4-14(11)15/h1-6,8-9,15H,7,10H2,(H,18,19). The van der Waals surface area contributed by atoms with E-state index in [0.717, 1.165) is 12.8 Å². The van der Waals surface area contributed by atoms with Crippen LogP contribution < -0.4 is 5.32 Å². The number of nitrogens with one attached hydrogen (secondary N) is 1. The first kappa shape index (κ1) is 12.2. The molecular weight excluding hydrogens is 258 g/mol. The highest BCUT2D eigenvalue weighted by Crippen LogP contribution is 2.30. The van der Waals surface area contributed by atoms with Gasteiger partial charge in [-0.15, -0.1) is 0 Å². The molecule has 0 spiro atoms. The lowest BCUT2D eigenvalue weighted by molar-refractivity contribution is 0.0937. The van der Waals surface area contributed by atoms with Crippen molar-refractivity contribution in [2.24, 2.45) is 0 Å². The maximum absolute atomic E-state index is 12.2. The Kier molecular flexibility index (Phi) is 3.26. The molecule has 1 aliphatic rings. The molecule has 3 rings (SSSR count).